The first-order valence-electron chi connectivity index (χ1n) is 6.31. The van der Waals surface area contributed by atoms with Crippen LogP contribution in [0.25, 0.3) is 0 Å². The molecule has 112 valence electrons. The normalized spacial score (nSPS) is 10.7. The zero-order valence-electron chi connectivity index (χ0n) is 11.8. The quantitative estimate of drug-likeness (QED) is 0.795. The number of rotatable bonds is 5. The van der Waals surface area contributed by atoms with Gasteiger partial charge in [-0.25, -0.2) is 4.98 Å². The van der Waals surface area contributed by atoms with Gasteiger partial charge in [-0.2, -0.15) is 0 Å². The molecule has 5 nitrogen and oxygen atoms in total. The van der Waals surface area contributed by atoms with Crippen LogP contribution >= 0.6 is 27.7 Å². The van der Waals surface area contributed by atoms with E-state index in [2.05, 4.69) is 26.2 Å². The SMILES string of the molecule is Cc1cc(NC(=O)CSc2ncc(CO)n2C)ccc1Br. The highest BCUT2D eigenvalue weighted by atomic mass is 79.9. The van der Waals surface area contributed by atoms with Gasteiger partial charge in [0.2, 0.25) is 5.91 Å². The van der Waals surface area contributed by atoms with Crippen molar-refractivity contribution in [3.63, 3.8) is 0 Å². The molecule has 0 fully saturated rings. The van der Waals surface area contributed by atoms with Crippen LogP contribution in [0.5, 0.6) is 0 Å². The Labute approximate surface area is 135 Å². The van der Waals surface area contributed by atoms with Crippen LogP contribution in [-0.4, -0.2) is 26.3 Å². The maximum absolute atomic E-state index is 11.9. The van der Waals surface area contributed by atoms with Crippen LogP contribution in [0, 0.1) is 6.92 Å². The Morgan fingerprint density at radius 1 is 1.52 bits per heavy atom. The lowest BCUT2D eigenvalue weighted by molar-refractivity contribution is -0.113. The zero-order valence-corrected chi connectivity index (χ0v) is 14.2. The molecule has 1 heterocycles. The fourth-order valence-electron chi connectivity index (χ4n) is 1.76. The highest BCUT2D eigenvalue weighted by Crippen LogP contribution is 2.21. The number of nitrogens with zero attached hydrogens (tertiary/aromatic N) is 2. The number of imidazole rings is 1. The van der Waals surface area contributed by atoms with E-state index in [0.29, 0.717) is 5.16 Å². The summed E-state index contributed by atoms with van der Waals surface area (Å²) in [5.41, 5.74) is 2.57. The third-order valence-corrected chi connectivity index (χ3v) is 4.91. The molecule has 0 saturated heterocycles. The van der Waals surface area contributed by atoms with Crippen molar-refractivity contribution in [1.82, 2.24) is 9.55 Å². The summed E-state index contributed by atoms with van der Waals surface area (Å²) < 4.78 is 2.79. The molecule has 2 N–H and O–H groups in total. The number of aliphatic hydroxyl groups excluding tert-OH is 1. The minimum atomic E-state index is -0.0877. The van der Waals surface area contributed by atoms with Gasteiger partial charge in [-0.15, -0.1) is 0 Å². The van der Waals surface area contributed by atoms with Gasteiger partial charge in [0.05, 0.1) is 24.3 Å². The summed E-state index contributed by atoms with van der Waals surface area (Å²) >= 11 is 4.76. The number of carbonyl (C=O) groups is 1. The average molecular weight is 370 g/mol. The Morgan fingerprint density at radius 3 is 2.90 bits per heavy atom. The molecule has 21 heavy (non-hydrogen) atoms. The van der Waals surface area contributed by atoms with Gasteiger partial charge in [0, 0.05) is 17.2 Å². The molecular formula is C14H16BrN3O2S. The molecule has 0 spiro atoms. The van der Waals surface area contributed by atoms with E-state index in [1.54, 1.807) is 10.8 Å². The van der Waals surface area contributed by atoms with Crippen LogP contribution < -0.4 is 5.32 Å². The smallest absolute Gasteiger partial charge is 0.234 e. The largest absolute Gasteiger partial charge is 0.390 e. The Kier molecular flexibility index (Phi) is 5.44. The van der Waals surface area contributed by atoms with E-state index in [4.69, 9.17) is 5.11 Å². The van der Waals surface area contributed by atoms with E-state index < -0.39 is 0 Å². The number of hydrogen-bond acceptors (Lipinski definition) is 4. The molecule has 2 rings (SSSR count). The number of amides is 1. The number of nitrogens with one attached hydrogen (secondary N) is 1. The van der Waals surface area contributed by atoms with E-state index in [1.807, 2.05) is 32.2 Å². The lowest BCUT2D eigenvalue weighted by Crippen LogP contribution is -2.14. The molecule has 0 saturated carbocycles. The van der Waals surface area contributed by atoms with Crippen LogP contribution in [0.1, 0.15) is 11.3 Å². The van der Waals surface area contributed by atoms with Gasteiger partial charge in [-0.3, -0.25) is 4.79 Å². The number of benzene rings is 1. The highest BCUT2D eigenvalue weighted by molar-refractivity contribution is 9.10. The molecule has 0 aliphatic carbocycles. The van der Waals surface area contributed by atoms with Gasteiger partial charge in [0.25, 0.3) is 0 Å². The molecule has 2 aromatic rings. The number of halogens is 1. The Bertz CT molecular complexity index is 658. The van der Waals surface area contributed by atoms with Crippen LogP contribution in [-0.2, 0) is 18.4 Å². The third kappa shape index (κ3) is 4.09. The van der Waals surface area contributed by atoms with Crippen molar-refractivity contribution in [2.45, 2.75) is 18.7 Å². The molecule has 0 atom stereocenters. The number of aliphatic hydroxyl groups is 1. The number of hydrogen-bond donors (Lipinski definition) is 2. The van der Waals surface area contributed by atoms with Crippen LogP contribution in [0.15, 0.2) is 34.0 Å². The number of anilines is 1. The molecular weight excluding hydrogens is 354 g/mol. The highest BCUT2D eigenvalue weighted by Gasteiger charge is 2.09. The van der Waals surface area contributed by atoms with Crippen LogP contribution in [0.4, 0.5) is 5.69 Å². The summed E-state index contributed by atoms with van der Waals surface area (Å²) in [6.45, 7) is 1.91. The van der Waals surface area contributed by atoms with Gasteiger partial charge in [-0.05, 0) is 30.7 Å². The predicted octanol–water partition coefficient (Wildman–Crippen LogP) is 2.71. The number of thioether (sulfide) groups is 1. The van der Waals surface area contributed by atoms with Gasteiger partial charge >= 0.3 is 0 Å². The molecule has 1 amide bonds. The fraction of sp³-hybridized carbons (Fsp3) is 0.286. The monoisotopic (exact) mass is 369 g/mol. The van der Waals surface area contributed by atoms with Gasteiger partial charge in [-0.1, -0.05) is 27.7 Å². The summed E-state index contributed by atoms with van der Waals surface area (Å²) in [4.78, 5) is 16.1. The molecule has 0 bridgehead atoms. The fourth-order valence-corrected chi connectivity index (χ4v) is 2.77. The Morgan fingerprint density at radius 2 is 2.29 bits per heavy atom. The van der Waals surface area contributed by atoms with Gasteiger partial charge < -0.3 is 15.0 Å². The van der Waals surface area contributed by atoms with Crippen molar-refractivity contribution in [1.29, 1.82) is 0 Å². The second kappa shape index (κ2) is 7.11. The van der Waals surface area contributed by atoms with Gasteiger partial charge in [0.15, 0.2) is 5.16 Å². The minimum absolute atomic E-state index is 0.0611. The van der Waals surface area contributed by atoms with E-state index >= 15 is 0 Å². The van der Waals surface area contributed by atoms with Crippen molar-refractivity contribution in [3.05, 3.63) is 40.1 Å². The zero-order chi connectivity index (χ0) is 15.4. The molecule has 7 heteroatoms. The first kappa shape index (κ1) is 16.1. The molecule has 0 radical (unpaired) electrons. The van der Waals surface area contributed by atoms with Crippen LogP contribution in [0.3, 0.4) is 0 Å². The van der Waals surface area contributed by atoms with E-state index in [0.717, 1.165) is 21.4 Å². The molecule has 0 unspecified atom stereocenters. The Hall–Kier alpha value is -1.31. The summed E-state index contributed by atoms with van der Waals surface area (Å²) in [5, 5.41) is 12.7. The van der Waals surface area contributed by atoms with Crippen molar-refractivity contribution >= 4 is 39.3 Å². The van der Waals surface area contributed by atoms with E-state index in [9.17, 15) is 4.79 Å². The van der Waals surface area contributed by atoms with Crippen LogP contribution in [0.2, 0.25) is 0 Å². The molecule has 0 aliphatic rings. The van der Waals surface area contributed by atoms with Gasteiger partial charge in [0.1, 0.15) is 0 Å². The van der Waals surface area contributed by atoms with E-state index in [-0.39, 0.29) is 18.3 Å². The summed E-state index contributed by atoms with van der Waals surface area (Å²) in [7, 11) is 1.82. The lowest BCUT2D eigenvalue weighted by Gasteiger charge is -2.07. The maximum Gasteiger partial charge on any atom is 0.234 e. The second-order valence-corrected chi connectivity index (χ2v) is 6.35. The summed E-state index contributed by atoms with van der Waals surface area (Å²) in [6, 6.07) is 5.67. The molecule has 1 aromatic carbocycles. The second-order valence-electron chi connectivity index (χ2n) is 4.55. The number of carbonyl (C=O) groups excluding carboxylic acids is 1. The lowest BCUT2D eigenvalue weighted by atomic mass is 10.2. The molecule has 0 aliphatic heterocycles. The average Bonchev–Trinajstić information content (AvgIpc) is 2.81. The predicted molar refractivity (Wildman–Crippen MR) is 87.4 cm³/mol. The van der Waals surface area contributed by atoms with Crippen molar-refractivity contribution in [3.8, 4) is 0 Å². The first-order chi connectivity index (χ1) is 10.0. The third-order valence-electron chi connectivity index (χ3n) is 2.98. The maximum atomic E-state index is 11.9. The number of aryl methyl sites for hydroxylation is 1. The standard InChI is InChI=1S/C14H16BrN3O2S/c1-9-5-10(3-4-12(9)15)17-13(20)8-21-14-16-6-11(7-19)18(14)2/h3-6,19H,7-8H2,1-2H3,(H,17,20). The summed E-state index contributed by atoms with van der Waals surface area (Å²) in [6.07, 6.45) is 1.61. The Balaban J connectivity index is 1.92. The first-order valence-corrected chi connectivity index (χ1v) is 8.09. The summed E-state index contributed by atoms with van der Waals surface area (Å²) in [5.74, 6) is 0.181. The molecule has 1 aromatic heterocycles. The van der Waals surface area contributed by atoms with Crippen molar-refractivity contribution in [2.24, 2.45) is 7.05 Å². The minimum Gasteiger partial charge on any atom is -0.390 e. The van der Waals surface area contributed by atoms with Crippen molar-refractivity contribution < 1.29 is 9.90 Å². The van der Waals surface area contributed by atoms with E-state index in [1.165, 1.54) is 11.8 Å². The van der Waals surface area contributed by atoms with Crippen molar-refractivity contribution in [2.75, 3.05) is 11.1 Å². The topological polar surface area (TPSA) is 67.2 Å². The number of aromatic nitrogens is 2.